The van der Waals surface area contributed by atoms with Crippen molar-refractivity contribution in [3.63, 3.8) is 0 Å². The van der Waals surface area contributed by atoms with Crippen molar-refractivity contribution < 1.29 is 9.53 Å². The number of carbonyl (C=O) groups is 1. The van der Waals surface area contributed by atoms with E-state index in [4.69, 9.17) is 16.2 Å². The van der Waals surface area contributed by atoms with Crippen LogP contribution in [0.1, 0.15) is 15.9 Å². The fraction of sp³-hybridized carbons (Fsp3) is 0.188. The minimum absolute atomic E-state index is 0.413. The van der Waals surface area contributed by atoms with E-state index < -0.39 is 5.91 Å². The molecule has 0 spiro atoms. The van der Waals surface area contributed by atoms with Gasteiger partial charge >= 0.3 is 0 Å². The third-order valence-corrected chi connectivity index (χ3v) is 3.33. The third-order valence-electron chi connectivity index (χ3n) is 3.33. The maximum Gasteiger partial charge on any atom is 0.248 e. The lowest BCUT2D eigenvalue weighted by Crippen LogP contribution is -2.18. The van der Waals surface area contributed by atoms with E-state index in [1.807, 2.05) is 42.3 Å². The molecule has 4 N–H and O–H groups in total. The Bertz CT molecular complexity index is 656. The van der Waals surface area contributed by atoms with Gasteiger partial charge in [-0.05, 0) is 29.8 Å². The molecule has 5 heteroatoms. The minimum Gasteiger partial charge on any atom is -0.495 e. The molecule has 0 atom stereocenters. The smallest absolute Gasteiger partial charge is 0.248 e. The number of hydrogen-bond acceptors (Lipinski definition) is 4. The zero-order chi connectivity index (χ0) is 15.4. The van der Waals surface area contributed by atoms with Gasteiger partial charge in [0.25, 0.3) is 0 Å². The topological polar surface area (TPSA) is 81.6 Å². The van der Waals surface area contributed by atoms with Crippen LogP contribution in [0.2, 0.25) is 0 Å². The fourth-order valence-electron chi connectivity index (χ4n) is 2.18. The zero-order valence-corrected chi connectivity index (χ0v) is 12.2. The number of nitrogen functional groups attached to an aromatic ring is 1. The van der Waals surface area contributed by atoms with Crippen LogP contribution >= 0.6 is 0 Å². The molecule has 0 unspecified atom stereocenters. The summed E-state index contributed by atoms with van der Waals surface area (Å²) in [5.74, 6) is 0.318. The third kappa shape index (κ3) is 3.25. The highest BCUT2D eigenvalue weighted by Crippen LogP contribution is 2.28. The number of nitrogens with two attached hydrogens (primary N) is 2. The minimum atomic E-state index is -0.480. The van der Waals surface area contributed by atoms with Crippen LogP contribution in [0.15, 0.2) is 42.5 Å². The Morgan fingerprint density at radius 2 is 1.95 bits per heavy atom. The molecule has 2 rings (SSSR count). The molecular formula is C16H19N3O2. The standard InChI is InChI=1S/C16H19N3O2/c1-19(14-5-3-4-6-15(14)21-2)10-12-8-7-11(16(18)20)9-13(12)17/h3-9H,10,17H2,1-2H3,(H2,18,20). The summed E-state index contributed by atoms with van der Waals surface area (Å²) < 4.78 is 5.35. The highest BCUT2D eigenvalue weighted by molar-refractivity contribution is 5.93. The maximum absolute atomic E-state index is 11.1. The van der Waals surface area contributed by atoms with Crippen molar-refractivity contribution in [2.45, 2.75) is 6.54 Å². The summed E-state index contributed by atoms with van der Waals surface area (Å²) in [5.41, 5.74) is 14.1. The number of hydrogen-bond donors (Lipinski definition) is 2. The van der Waals surface area contributed by atoms with Crippen LogP contribution in [0, 0.1) is 0 Å². The van der Waals surface area contributed by atoms with E-state index in [1.165, 1.54) is 0 Å². The Hall–Kier alpha value is -2.69. The van der Waals surface area contributed by atoms with Crippen LogP contribution in [0.4, 0.5) is 11.4 Å². The van der Waals surface area contributed by atoms with Crippen molar-refractivity contribution in [3.8, 4) is 5.75 Å². The lowest BCUT2D eigenvalue weighted by molar-refractivity contribution is 0.100. The van der Waals surface area contributed by atoms with Crippen LogP contribution in [0.5, 0.6) is 5.75 Å². The second kappa shape index (κ2) is 6.17. The normalized spacial score (nSPS) is 10.2. The zero-order valence-electron chi connectivity index (χ0n) is 12.2. The highest BCUT2D eigenvalue weighted by Gasteiger charge is 2.10. The van der Waals surface area contributed by atoms with Gasteiger partial charge in [0.2, 0.25) is 5.91 Å². The molecule has 0 fully saturated rings. The number of amides is 1. The molecule has 0 aromatic heterocycles. The number of para-hydroxylation sites is 2. The first-order chi connectivity index (χ1) is 10.0. The Labute approximate surface area is 124 Å². The Morgan fingerprint density at radius 1 is 1.24 bits per heavy atom. The van der Waals surface area contributed by atoms with Gasteiger partial charge in [-0.3, -0.25) is 4.79 Å². The summed E-state index contributed by atoms with van der Waals surface area (Å²) in [6, 6.07) is 12.9. The van der Waals surface area contributed by atoms with E-state index in [9.17, 15) is 4.79 Å². The second-order valence-electron chi connectivity index (χ2n) is 4.81. The predicted molar refractivity (Wildman–Crippen MR) is 84.5 cm³/mol. The first-order valence-corrected chi connectivity index (χ1v) is 6.55. The molecule has 0 bridgehead atoms. The van der Waals surface area contributed by atoms with Gasteiger partial charge in [0, 0.05) is 24.8 Å². The molecule has 1 amide bonds. The van der Waals surface area contributed by atoms with E-state index >= 15 is 0 Å². The van der Waals surface area contributed by atoms with Gasteiger partial charge in [0.1, 0.15) is 5.75 Å². The second-order valence-corrected chi connectivity index (χ2v) is 4.81. The number of carbonyl (C=O) groups excluding carboxylic acids is 1. The van der Waals surface area contributed by atoms with Gasteiger partial charge in [-0.1, -0.05) is 18.2 Å². The fourth-order valence-corrected chi connectivity index (χ4v) is 2.18. The summed E-state index contributed by atoms with van der Waals surface area (Å²) >= 11 is 0. The number of primary amides is 1. The van der Waals surface area contributed by atoms with Gasteiger partial charge in [0.05, 0.1) is 12.8 Å². The lowest BCUT2D eigenvalue weighted by atomic mass is 10.1. The first kappa shape index (κ1) is 14.7. The van der Waals surface area contributed by atoms with Crippen LogP contribution in [0.25, 0.3) is 0 Å². The lowest BCUT2D eigenvalue weighted by Gasteiger charge is -2.22. The van der Waals surface area contributed by atoms with Gasteiger partial charge in [-0.25, -0.2) is 0 Å². The Balaban J connectivity index is 2.23. The first-order valence-electron chi connectivity index (χ1n) is 6.55. The van der Waals surface area contributed by atoms with Crippen LogP contribution in [-0.4, -0.2) is 20.1 Å². The molecule has 0 saturated carbocycles. The Morgan fingerprint density at radius 3 is 2.57 bits per heavy atom. The van der Waals surface area contributed by atoms with Crippen molar-refractivity contribution in [2.24, 2.45) is 5.73 Å². The van der Waals surface area contributed by atoms with Gasteiger partial charge in [-0.2, -0.15) is 0 Å². The molecule has 0 aliphatic rings. The molecule has 5 nitrogen and oxygen atoms in total. The van der Waals surface area contributed by atoms with E-state index in [1.54, 1.807) is 19.2 Å². The Kier molecular flexibility index (Phi) is 4.33. The SMILES string of the molecule is COc1ccccc1N(C)Cc1ccc(C(N)=O)cc1N. The van der Waals surface area contributed by atoms with Crippen molar-refractivity contribution in [3.05, 3.63) is 53.6 Å². The monoisotopic (exact) mass is 285 g/mol. The summed E-state index contributed by atoms with van der Waals surface area (Å²) in [7, 11) is 3.60. The quantitative estimate of drug-likeness (QED) is 0.823. The number of benzene rings is 2. The molecule has 2 aromatic carbocycles. The largest absolute Gasteiger partial charge is 0.495 e. The van der Waals surface area contributed by atoms with Crippen molar-refractivity contribution in [1.82, 2.24) is 0 Å². The van der Waals surface area contributed by atoms with Crippen LogP contribution < -0.4 is 21.1 Å². The molecule has 21 heavy (non-hydrogen) atoms. The predicted octanol–water partition coefficient (Wildman–Crippen LogP) is 2.01. The average molecular weight is 285 g/mol. The van der Waals surface area contributed by atoms with E-state index in [-0.39, 0.29) is 0 Å². The summed E-state index contributed by atoms with van der Waals surface area (Å²) in [4.78, 5) is 13.2. The molecule has 0 saturated heterocycles. The van der Waals surface area contributed by atoms with Gasteiger partial charge in [-0.15, -0.1) is 0 Å². The van der Waals surface area contributed by atoms with Crippen molar-refractivity contribution >= 4 is 17.3 Å². The van der Waals surface area contributed by atoms with Crippen molar-refractivity contribution in [1.29, 1.82) is 0 Å². The molecule has 0 aliphatic carbocycles. The van der Waals surface area contributed by atoms with E-state index in [0.29, 0.717) is 17.8 Å². The number of methoxy groups -OCH3 is 1. The number of anilines is 2. The molecule has 0 heterocycles. The molecule has 0 radical (unpaired) electrons. The number of ether oxygens (including phenoxy) is 1. The van der Waals surface area contributed by atoms with Crippen molar-refractivity contribution in [2.75, 3.05) is 24.8 Å². The molecule has 2 aromatic rings. The summed E-state index contributed by atoms with van der Waals surface area (Å²) in [5, 5.41) is 0. The van der Waals surface area contributed by atoms with Crippen LogP contribution in [-0.2, 0) is 6.54 Å². The molecule has 0 aliphatic heterocycles. The molecular weight excluding hydrogens is 266 g/mol. The molecule has 110 valence electrons. The number of rotatable bonds is 5. The van der Waals surface area contributed by atoms with Crippen LogP contribution in [0.3, 0.4) is 0 Å². The highest BCUT2D eigenvalue weighted by atomic mass is 16.5. The average Bonchev–Trinajstić information content (AvgIpc) is 2.48. The summed E-state index contributed by atoms with van der Waals surface area (Å²) in [6.45, 7) is 0.602. The summed E-state index contributed by atoms with van der Waals surface area (Å²) in [6.07, 6.45) is 0. The maximum atomic E-state index is 11.1. The number of nitrogens with zero attached hydrogens (tertiary/aromatic N) is 1. The van der Waals surface area contributed by atoms with E-state index in [2.05, 4.69) is 0 Å². The van der Waals surface area contributed by atoms with Gasteiger partial charge in [0.15, 0.2) is 0 Å². The van der Waals surface area contributed by atoms with Gasteiger partial charge < -0.3 is 21.1 Å². The van der Waals surface area contributed by atoms with E-state index in [0.717, 1.165) is 17.0 Å².